The van der Waals surface area contributed by atoms with Gasteiger partial charge in [-0.3, -0.25) is 14.6 Å². The van der Waals surface area contributed by atoms with E-state index in [9.17, 15) is 4.79 Å². The normalized spacial score (nSPS) is 21.1. The molecule has 3 rings (SSSR count). The summed E-state index contributed by atoms with van der Waals surface area (Å²) < 4.78 is 7.34. The molecule has 8 heteroatoms. The van der Waals surface area contributed by atoms with Gasteiger partial charge in [-0.2, -0.15) is 5.10 Å². The molecule has 3 heterocycles. The highest BCUT2D eigenvalue weighted by Crippen LogP contribution is 2.29. The molecule has 2 N–H and O–H groups in total. The number of ether oxygens (including phenoxy) is 1. The predicted molar refractivity (Wildman–Crippen MR) is 73.4 cm³/mol. The first kappa shape index (κ1) is 13.7. The lowest BCUT2D eigenvalue weighted by Crippen LogP contribution is -2.28. The monoisotopic (exact) mass is 290 g/mol. The maximum atomic E-state index is 12.3. The van der Waals surface area contributed by atoms with Crippen molar-refractivity contribution in [3.63, 3.8) is 0 Å². The summed E-state index contributed by atoms with van der Waals surface area (Å²) in [5, 5.41) is 17.5. The third-order valence-electron chi connectivity index (χ3n) is 3.69. The van der Waals surface area contributed by atoms with E-state index in [4.69, 9.17) is 4.74 Å². The summed E-state index contributed by atoms with van der Waals surface area (Å²) in [6.07, 6.45) is 2.32. The van der Waals surface area contributed by atoms with Crippen molar-refractivity contribution in [1.82, 2.24) is 30.5 Å². The fourth-order valence-corrected chi connectivity index (χ4v) is 2.59. The Hall–Kier alpha value is -2.22. The van der Waals surface area contributed by atoms with Crippen LogP contribution in [0.3, 0.4) is 0 Å². The lowest BCUT2D eigenvalue weighted by molar-refractivity contribution is -0.00697. The summed E-state index contributed by atoms with van der Waals surface area (Å²) in [5.74, 6) is -0.199. The second-order valence-corrected chi connectivity index (χ2v) is 5.29. The number of aryl methyl sites for hydroxylation is 1. The highest BCUT2D eigenvalue weighted by Gasteiger charge is 2.29. The Kier molecular flexibility index (Phi) is 3.46. The van der Waals surface area contributed by atoms with Gasteiger partial charge < -0.3 is 10.1 Å². The van der Waals surface area contributed by atoms with Gasteiger partial charge in [0.2, 0.25) is 0 Å². The number of rotatable bonds is 3. The Balaban J connectivity index is 1.75. The topological polar surface area (TPSA) is 97.7 Å². The number of amides is 1. The Morgan fingerprint density at radius 2 is 2.38 bits per heavy atom. The van der Waals surface area contributed by atoms with Gasteiger partial charge in [-0.25, -0.2) is 0 Å². The van der Waals surface area contributed by atoms with E-state index in [1.54, 1.807) is 17.9 Å². The lowest BCUT2D eigenvalue weighted by Gasteiger charge is -2.25. The van der Waals surface area contributed by atoms with Gasteiger partial charge in [0.05, 0.1) is 36.3 Å². The number of carbonyl (C=O) groups excluding carboxylic acids is 1. The predicted octanol–water partition coefficient (Wildman–Crippen LogP) is 0.490. The largest absolute Gasteiger partial charge is 0.369 e. The summed E-state index contributed by atoms with van der Waals surface area (Å²) in [7, 11) is 1.78. The van der Waals surface area contributed by atoms with Crippen LogP contribution >= 0.6 is 0 Å². The van der Waals surface area contributed by atoms with E-state index in [2.05, 4.69) is 25.8 Å². The van der Waals surface area contributed by atoms with Gasteiger partial charge in [-0.05, 0) is 13.8 Å². The van der Waals surface area contributed by atoms with E-state index in [0.29, 0.717) is 18.7 Å². The summed E-state index contributed by atoms with van der Waals surface area (Å²) >= 11 is 0. The summed E-state index contributed by atoms with van der Waals surface area (Å²) in [6.45, 7) is 4.32. The average molecular weight is 290 g/mol. The molecule has 0 unspecified atom stereocenters. The van der Waals surface area contributed by atoms with Gasteiger partial charge in [-0.1, -0.05) is 5.21 Å². The molecule has 0 saturated heterocycles. The summed E-state index contributed by atoms with van der Waals surface area (Å²) in [4.78, 5) is 12.3. The Morgan fingerprint density at radius 1 is 1.57 bits per heavy atom. The van der Waals surface area contributed by atoms with Crippen LogP contribution in [0, 0.1) is 0 Å². The van der Waals surface area contributed by atoms with E-state index < -0.39 is 0 Å². The second-order valence-electron chi connectivity index (χ2n) is 5.29. The molecule has 0 bridgehead atoms. The highest BCUT2D eigenvalue weighted by atomic mass is 16.5. The molecule has 2 atom stereocenters. The Morgan fingerprint density at radius 3 is 3.10 bits per heavy atom. The first-order valence-electron chi connectivity index (χ1n) is 6.90. The van der Waals surface area contributed by atoms with Crippen LogP contribution in [-0.2, 0) is 24.8 Å². The molecule has 1 aliphatic rings. The average Bonchev–Trinajstić information content (AvgIpc) is 3.02. The molecular weight excluding hydrogens is 272 g/mol. The molecule has 0 fully saturated rings. The Labute approximate surface area is 121 Å². The van der Waals surface area contributed by atoms with E-state index in [-0.39, 0.29) is 18.1 Å². The maximum absolute atomic E-state index is 12.3. The number of nitrogens with zero attached hydrogens (tertiary/aromatic N) is 4. The fourth-order valence-electron chi connectivity index (χ4n) is 2.59. The molecule has 2 aromatic rings. The molecule has 0 radical (unpaired) electrons. The SMILES string of the molecule is C[C@@H]1Cc2c(C(=O)NCc3cnnn3C)n[nH]c2[C@H](C)O1. The van der Waals surface area contributed by atoms with Gasteiger partial charge in [0.15, 0.2) is 5.69 Å². The van der Waals surface area contributed by atoms with Gasteiger partial charge in [0.1, 0.15) is 0 Å². The van der Waals surface area contributed by atoms with Gasteiger partial charge in [0.25, 0.3) is 5.91 Å². The minimum Gasteiger partial charge on any atom is -0.369 e. The summed E-state index contributed by atoms with van der Waals surface area (Å²) in [6, 6.07) is 0. The standard InChI is InChI=1S/C13H18N6O2/c1-7-4-10-11(8(2)21-7)16-17-12(10)13(20)14-5-9-6-15-18-19(9)3/h6-8H,4-5H2,1-3H3,(H,14,20)(H,16,17)/t7-,8+/m1/s1. The zero-order chi connectivity index (χ0) is 15.0. The van der Waals surface area contributed by atoms with Crippen molar-refractivity contribution >= 4 is 5.91 Å². The van der Waals surface area contributed by atoms with Crippen molar-refractivity contribution in [3.8, 4) is 0 Å². The third kappa shape index (κ3) is 2.54. The van der Waals surface area contributed by atoms with Crippen LogP contribution < -0.4 is 5.32 Å². The minimum absolute atomic E-state index is 0.0703. The number of hydrogen-bond donors (Lipinski definition) is 2. The van der Waals surface area contributed by atoms with Crippen LogP contribution in [0.1, 0.15) is 47.4 Å². The number of fused-ring (bicyclic) bond motifs is 1. The van der Waals surface area contributed by atoms with Crippen molar-refractivity contribution in [3.05, 3.63) is 28.8 Å². The third-order valence-corrected chi connectivity index (χ3v) is 3.69. The molecule has 21 heavy (non-hydrogen) atoms. The number of aromatic amines is 1. The van der Waals surface area contributed by atoms with E-state index in [0.717, 1.165) is 17.0 Å². The Bertz CT molecular complexity index is 661. The quantitative estimate of drug-likeness (QED) is 0.857. The van der Waals surface area contributed by atoms with E-state index >= 15 is 0 Å². The van der Waals surface area contributed by atoms with Crippen LogP contribution in [0.5, 0.6) is 0 Å². The van der Waals surface area contributed by atoms with Crippen molar-refractivity contribution in [2.75, 3.05) is 0 Å². The minimum atomic E-state index is -0.199. The number of aromatic nitrogens is 5. The number of carbonyl (C=O) groups is 1. The van der Waals surface area contributed by atoms with Crippen LogP contribution in [0.2, 0.25) is 0 Å². The van der Waals surface area contributed by atoms with Gasteiger partial charge in [-0.15, -0.1) is 5.10 Å². The van der Waals surface area contributed by atoms with Crippen molar-refractivity contribution in [2.45, 2.75) is 39.0 Å². The maximum Gasteiger partial charge on any atom is 0.272 e. The van der Waals surface area contributed by atoms with Crippen LogP contribution in [-0.4, -0.2) is 37.2 Å². The molecule has 0 aliphatic carbocycles. The zero-order valence-electron chi connectivity index (χ0n) is 12.3. The molecule has 1 aliphatic heterocycles. The zero-order valence-corrected chi connectivity index (χ0v) is 12.3. The lowest BCUT2D eigenvalue weighted by atomic mass is 9.99. The van der Waals surface area contributed by atoms with E-state index in [1.165, 1.54) is 0 Å². The molecule has 0 aromatic carbocycles. The highest BCUT2D eigenvalue weighted by molar-refractivity contribution is 5.94. The molecule has 112 valence electrons. The van der Waals surface area contributed by atoms with Crippen molar-refractivity contribution < 1.29 is 9.53 Å². The molecular formula is C13H18N6O2. The first-order chi connectivity index (χ1) is 10.1. The second kappa shape index (κ2) is 5.28. The molecule has 8 nitrogen and oxygen atoms in total. The number of H-pyrrole nitrogens is 1. The molecule has 0 saturated carbocycles. The van der Waals surface area contributed by atoms with Crippen LogP contribution in [0.25, 0.3) is 0 Å². The van der Waals surface area contributed by atoms with Crippen LogP contribution in [0.15, 0.2) is 6.20 Å². The van der Waals surface area contributed by atoms with E-state index in [1.807, 2.05) is 13.8 Å². The first-order valence-corrected chi connectivity index (χ1v) is 6.90. The molecule has 0 spiro atoms. The van der Waals surface area contributed by atoms with Crippen molar-refractivity contribution in [2.24, 2.45) is 7.05 Å². The fraction of sp³-hybridized carbons (Fsp3) is 0.538. The summed E-state index contributed by atoms with van der Waals surface area (Å²) in [5.41, 5.74) is 3.11. The van der Waals surface area contributed by atoms with Crippen molar-refractivity contribution in [1.29, 1.82) is 0 Å². The smallest absolute Gasteiger partial charge is 0.272 e. The number of hydrogen-bond acceptors (Lipinski definition) is 5. The molecule has 1 amide bonds. The van der Waals surface area contributed by atoms with Crippen LogP contribution in [0.4, 0.5) is 0 Å². The molecule has 2 aromatic heterocycles. The van der Waals surface area contributed by atoms with Gasteiger partial charge in [0, 0.05) is 19.0 Å². The van der Waals surface area contributed by atoms with Gasteiger partial charge >= 0.3 is 0 Å². The number of nitrogens with one attached hydrogen (secondary N) is 2.